The van der Waals surface area contributed by atoms with E-state index in [2.05, 4.69) is 16.8 Å². The average molecular weight is 224 g/mol. The number of hydrogen-bond acceptors (Lipinski definition) is 3. The third-order valence-corrected chi connectivity index (χ3v) is 3.17. The van der Waals surface area contributed by atoms with Crippen LogP contribution in [-0.4, -0.2) is 30.1 Å². The first-order chi connectivity index (χ1) is 7.76. The summed E-state index contributed by atoms with van der Waals surface area (Å²) in [7, 11) is 1.58. The molecule has 0 bridgehead atoms. The maximum atomic E-state index is 13.2. The third-order valence-electron chi connectivity index (χ3n) is 3.17. The van der Waals surface area contributed by atoms with Crippen molar-refractivity contribution in [1.82, 2.24) is 9.88 Å². The van der Waals surface area contributed by atoms with Gasteiger partial charge in [0.2, 0.25) is 5.88 Å². The van der Waals surface area contributed by atoms with E-state index in [-0.39, 0.29) is 11.9 Å². The molecule has 1 saturated heterocycles. The van der Waals surface area contributed by atoms with Gasteiger partial charge in [-0.05, 0) is 32.0 Å². The van der Waals surface area contributed by atoms with Crippen LogP contribution in [0.4, 0.5) is 4.39 Å². The molecule has 1 atom stereocenters. The number of halogens is 1. The van der Waals surface area contributed by atoms with Crippen molar-refractivity contribution in [1.29, 1.82) is 0 Å². The lowest BCUT2D eigenvalue weighted by atomic mass is 10.1. The molecular formula is C12H17FN2O. The number of likely N-dealkylation sites (tertiary alicyclic amines) is 1. The fourth-order valence-corrected chi connectivity index (χ4v) is 2.41. The molecular weight excluding hydrogens is 207 g/mol. The molecule has 1 unspecified atom stereocenters. The van der Waals surface area contributed by atoms with Gasteiger partial charge in [0.15, 0.2) is 0 Å². The summed E-state index contributed by atoms with van der Waals surface area (Å²) < 4.78 is 18.4. The minimum atomic E-state index is -0.293. The summed E-state index contributed by atoms with van der Waals surface area (Å²) in [6, 6.07) is 1.80. The van der Waals surface area contributed by atoms with Crippen LogP contribution >= 0.6 is 0 Å². The highest BCUT2D eigenvalue weighted by atomic mass is 19.1. The quantitative estimate of drug-likeness (QED) is 0.788. The van der Waals surface area contributed by atoms with E-state index < -0.39 is 0 Å². The fourth-order valence-electron chi connectivity index (χ4n) is 2.41. The van der Waals surface area contributed by atoms with Gasteiger partial charge in [-0.25, -0.2) is 9.37 Å². The molecule has 3 nitrogen and oxygen atoms in total. The maximum absolute atomic E-state index is 13.2. The van der Waals surface area contributed by atoms with E-state index in [0.717, 1.165) is 31.5 Å². The summed E-state index contributed by atoms with van der Waals surface area (Å²) >= 11 is 0. The van der Waals surface area contributed by atoms with Gasteiger partial charge in [-0.15, -0.1) is 0 Å². The van der Waals surface area contributed by atoms with Crippen molar-refractivity contribution >= 4 is 0 Å². The predicted octanol–water partition coefficient (Wildman–Crippen LogP) is 2.39. The first-order valence-corrected chi connectivity index (χ1v) is 5.69. The van der Waals surface area contributed by atoms with Crippen molar-refractivity contribution in [2.24, 2.45) is 0 Å². The number of aromatic nitrogens is 1. The van der Waals surface area contributed by atoms with Crippen molar-refractivity contribution in [3.05, 3.63) is 23.6 Å². The highest BCUT2D eigenvalue weighted by Gasteiger charge is 2.27. The lowest BCUT2D eigenvalue weighted by molar-refractivity contribution is 0.262. The number of hydrogen-bond donors (Lipinski definition) is 0. The van der Waals surface area contributed by atoms with Gasteiger partial charge in [0.05, 0.1) is 13.3 Å². The zero-order chi connectivity index (χ0) is 11.5. The number of ether oxygens (including phenoxy) is 1. The number of rotatable bonds is 3. The SMILES string of the molecule is CCN1CCCC1c1cc(F)cnc1OC. The molecule has 0 saturated carbocycles. The number of nitrogens with zero attached hydrogens (tertiary/aromatic N) is 2. The van der Waals surface area contributed by atoms with Gasteiger partial charge >= 0.3 is 0 Å². The molecule has 1 aromatic rings. The topological polar surface area (TPSA) is 25.4 Å². The van der Waals surface area contributed by atoms with E-state index in [1.54, 1.807) is 13.2 Å². The second-order valence-corrected chi connectivity index (χ2v) is 4.04. The van der Waals surface area contributed by atoms with Crippen LogP contribution in [0.2, 0.25) is 0 Å². The second-order valence-electron chi connectivity index (χ2n) is 4.04. The number of pyridine rings is 1. The Balaban J connectivity index is 2.34. The molecule has 0 aromatic carbocycles. The van der Waals surface area contributed by atoms with E-state index in [1.807, 2.05) is 0 Å². The van der Waals surface area contributed by atoms with Gasteiger partial charge in [-0.2, -0.15) is 0 Å². The summed E-state index contributed by atoms with van der Waals surface area (Å²) in [4.78, 5) is 6.32. The summed E-state index contributed by atoms with van der Waals surface area (Å²) in [5.41, 5.74) is 0.877. The van der Waals surface area contributed by atoms with Crippen molar-refractivity contribution in [2.75, 3.05) is 20.2 Å². The molecule has 0 amide bonds. The lowest BCUT2D eigenvalue weighted by Crippen LogP contribution is -2.23. The van der Waals surface area contributed by atoms with Crippen molar-refractivity contribution in [2.45, 2.75) is 25.8 Å². The third kappa shape index (κ3) is 2.02. The van der Waals surface area contributed by atoms with Crippen molar-refractivity contribution < 1.29 is 9.13 Å². The maximum Gasteiger partial charge on any atom is 0.218 e. The highest BCUT2D eigenvalue weighted by molar-refractivity contribution is 5.30. The van der Waals surface area contributed by atoms with Crippen LogP contribution < -0.4 is 4.74 Å². The molecule has 1 aliphatic rings. The molecule has 0 aliphatic carbocycles. The molecule has 88 valence electrons. The van der Waals surface area contributed by atoms with E-state index >= 15 is 0 Å². The van der Waals surface area contributed by atoms with Crippen LogP contribution in [0.25, 0.3) is 0 Å². The van der Waals surface area contributed by atoms with E-state index in [0.29, 0.717) is 5.88 Å². The molecule has 0 spiro atoms. The van der Waals surface area contributed by atoms with Crippen LogP contribution in [0, 0.1) is 5.82 Å². The van der Waals surface area contributed by atoms with Gasteiger partial charge < -0.3 is 4.74 Å². The smallest absolute Gasteiger partial charge is 0.218 e. The number of methoxy groups -OCH3 is 1. The fraction of sp³-hybridized carbons (Fsp3) is 0.583. The standard InChI is InChI=1S/C12H17FN2O/c1-3-15-6-4-5-11(15)10-7-9(13)8-14-12(10)16-2/h7-8,11H,3-6H2,1-2H3. The minimum absolute atomic E-state index is 0.253. The molecule has 2 heterocycles. The monoisotopic (exact) mass is 224 g/mol. The molecule has 4 heteroatoms. The minimum Gasteiger partial charge on any atom is -0.481 e. The molecule has 0 N–H and O–H groups in total. The van der Waals surface area contributed by atoms with E-state index in [1.165, 1.54) is 6.20 Å². The Morgan fingerprint density at radius 2 is 2.44 bits per heavy atom. The molecule has 1 aromatic heterocycles. The first-order valence-electron chi connectivity index (χ1n) is 5.69. The Labute approximate surface area is 95.2 Å². The van der Waals surface area contributed by atoms with Gasteiger partial charge in [0.1, 0.15) is 5.82 Å². The first kappa shape index (κ1) is 11.3. The predicted molar refractivity (Wildman–Crippen MR) is 60.0 cm³/mol. The Morgan fingerprint density at radius 3 is 3.12 bits per heavy atom. The Morgan fingerprint density at radius 1 is 1.62 bits per heavy atom. The summed E-state index contributed by atoms with van der Waals surface area (Å²) in [6.07, 6.45) is 3.40. The van der Waals surface area contributed by atoms with Crippen LogP contribution in [0.15, 0.2) is 12.3 Å². The van der Waals surface area contributed by atoms with Crippen LogP contribution in [-0.2, 0) is 0 Å². The second kappa shape index (κ2) is 4.78. The van der Waals surface area contributed by atoms with Crippen molar-refractivity contribution in [3.63, 3.8) is 0 Å². The van der Waals surface area contributed by atoms with Gasteiger partial charge in [-0.1, -0.05) is 6.92 Å². The summed E-state index contributed by atoms with van der Waals surface area (Å²) in [5.74, 6) is 0.255. The summed E-state index contributed by atoms with van der Waals surface area (Å²) in [6.45, 7) is 4.17. The Hall–Kier alpha value is -1.16. The molecule has 2 rings (SSSR count). The summed E-state index contributed by atoms with van der Waals surface area (Å²) in [5, 5.41) is 0. The van der Waals surface area contributed by atoms with E-state index in [9.17, 15) is 4.39 Å². The van der Waals surface area contributed by atoms with Crippen LogP contribution in [0.1, 0.15) is 31.4 Å². The molecule has 16 heavy (non-hydrogen) atoms. The van der Waals surface area contributed by atoms with E-state index in [4.69, 9.17) is 4.74 Å². The normalized spacial score (nSPS) is 21.3. The van der Waals surface area contributed by atoms with Crippen LogP contribution in [0.5, 0.6) is 5.88 Å². The molecule has 1 aliphatic heterocycles. The highest BCUT2D eigenvalue weighted by Crippen LogP contribution is 2.35. The molecule has 0 radical (unpaired) electrons. The molecule has 1 fully saturated rings. The van der Waals surface area contributed by atoms with Gasteiger partial charge in [0.25, 0.3) is 0 Å². The Bertz CT molecular complexity index is 370. The zero-order valence-corrected chi connectivity index (χ0v) is 9.74. The largest absolute Gasteiger partial charge is 0.481 e. The van der Waals surface area contributed by atoms with Crippen molar-refractivity contribution in [3.8, 4) is 5.88 Å². The van der Waals surface area contributed by atoms with Crippen LogP contribution in [0.3, 0.4) is 0 Å². The lowest BCUT2D eigenvalue weighted by Gasteiger charge is -2.23. The Kier molecular flexibility index (Phi) is 3.39. The zero-order valence-electron chi connectivity index (χ0n) is 9.74. The average Bonchev–Trinajstić information content (AvgIpc) is 2.76. The van der Waals surface area contributed by atoms with Gasteiger partial charge in [0, 0.05) is 11.6 Å². The van der Waals surface area contributed by atoms with Gasteiger partial charge in [-0.3, -0.25) is 4.90 Å².